The van der Waals surface area contributed by atoms with Gasteiger partial charge in [-0.3, -0.25) is 0 Å². The summed E-state index contributed by atoms with van der Waals surface area (Å²) in [7, 11) is 0. The first-order valence-electron chi connectivity index (χ1n) is 5.75. The molecule has 0 saturated carbocycles. The lowest BCUT2D eigenvalue weighted by Gasteiger charge is -2.24. The number of hydrogen-bond acceptors (Lipinski definition) is 4. The third-order valence-electron chi connectivity index (χ3n) is 2.42. The summed E-state index contributed by atoms with van der Waals surface area (Å²) in [5.74, 6) is -7.01. The molecule has 21 heavy (non-hydrogen) atoms. The molecule has 0 unspecified atom stereocenters. The minimum atomic E-state index is -5.07. The fourth-order valence-corrected chi connectivity index (χ4v) is 1.50. The molecule has 0 aliphatic heterocycles. The molecule has 0 radical (unpaired) electrons. The topological polar surface area (TPSA) is 61.5 Å². The maximum Gasteiger partial charge on any atom is 0.573 e. The Morgan fingerprint density at radius 1 is 1.24 bits per heavy atom. The van der Waals surface area contributed by atoms with Crippen molar-refractivity contribution >= 4 is 5.97 Å². The Morgan fingerprint density at radius 3 is 2.33 bits per heavy atom. The monoisotopic (exact) mass is 313 g/mol. The molecule has 2 N–H and O–H groups in total. The minimum Gasteiger partial charge on any atom is -0.462 e. The molecule has 1 atom stereocenters. The van der Waals surface area contributed by atoms with Crippen LogP contribution in [0.2, 0.25) is 0 Å². The van der Waals surface area contributed by atoms with Crippen LogP contribution in [0.5, 0.6) is 5.75 Å². The van der Waals surface area contributed by atoms with E-state index in [4.69, 9.17) is 5.73 Å². The van der Waals surface area contributed by atoms with Crippen molar-refractivity contribution in [3.63, 3.8) is 0 Å². The predicted octanol–water partition coefficient (Wildman–Crippen LogP) is 2.78. The zero-order valence-corrected chi connectivity index (χ0v) is 10.8. The van der Waals surface area contributed by atoms with Crippen LogP contribution in [0.4, 0.5) is 22.0 Å². The van der Waals surface area contributed by atoms with Crippen LogP contribution in [0.15, 0.2) is 24.3 Å². The van der Waals surface area contributed by atoms with Gasteiger partial charge in [0.1, 0.15) is 11.8 Å². The molecule has 0 spiro atoms. The van der Waals surface area contributed by atoms with Gasteiger partial charge in [0, 0.05) is 5.56 Å². The van der Waals surface area contributed by atoms with Gasteiger partial charge < -0.3 is 15.2 Å². The average Bonchev–Trinajstić information content (AvgIpc) is 2.37. The van der Waals surface area contributed by atoms with Gasteiger partial charge in [0.2, 0.25) is 0 Å². The summed E-state index contributed by atoms with van der Waals surface area (Å²) < 4.78 is 72.0. The first kappa shape index (κ1) is 17.2. The van der Waals surface area contributed by atoms with Gasteiger partial charge in [-0.25, -0.2) is 4.79 Å². The smallest absolute Gasteiger partial charge is 0.462 e. The summed E-state index contributed by atoms with van der Waals surface area (Å²) >= 11 is 0. The van der Waals surface area contributed by atoms with Crippen LogP contribution < -0.4 is 10.5 Å². The number of benzene rings is 1. The van der Waals surface area contributed by atoms with Crippen molar-refractivity contribution in [3.05, 3.63) is 29.8 Å². The number of para-hydroxylation sites is 1. The van der Waals surface area contributed by atoms with Crippen LogP contribution in [0, 0.1) is 0 Å². The number of carbonyl (C=O) groups excluding carboxylic acids is 1. The van der Waals surface area contributed by atoms with E-state index in [0.717, 1.165) is 18.2 Å². The number of alkyl halides is 5. The maximum atomic E-state index is 13.8. The minimum absolute atomic E-state index is 0.318. The Hall–Kier alpha value is -1.90. The SMILES string of the molecule is CCOC(=O)C(F)(F)[C@H](N)c1ccccc1OC(F)(F)F. The van der Waals surface area contributed by atoms with Gasteiger partial charge >= 0.3 is 18.3 Å². The van der Waals surface area contributed by atoms with E-state index in [0.29, 0.717) is 0 Å². The Kier molecular flexibility index (Phi) is 5.10. The van der Waals surface area contributed by atoms with Crippen molar-refractivity contribution in [2.24, 2.45) is 5.73 Å². The summed E-state index contributed by atoms with van der Waals surface area (Å²) in [6, 6.07) is 1.75. The predicted molar refractivity (Wildman–Crippen MR) is 61.6 cm³/mol. The molecule has 1 aromatic rings. The van der Waals surface area contributed by atoms with Gasteiger partial charge in [0.25, 0.3) is 0 Å². The zero-order chi connectivity index (χ0) is 16.3. The molecule has 1 rings (SSSR count). The van der Waals surface area contributed by atoms with E-state index in [1.54, 1.807) is 0 Å². The van der Waals surface area contributed by atoms with Crippen LogP contribution in [0.1, 0.15) is 18.5 Å². The van der Waals surface area contributed by atoms with Crippen molar-refractivity contribution in [2.45, 2.75) is 25.3 Å². The van der Waals surface area contributed by atoms with E-state index in [-0.39, 0.29) is 6.61 Å². The van der Waals surface area contributed by atoms with Crippen LogP contribution >= 0.6 is 0 Å². The van der Waals surface area contributed by atoms with Gasteiger partial charge in [0.15, 0.2) is 0 Å². The summed E-state index contributed by atoms with van der Waals surface area (Å²) in [5, 5.41) is 0. The van der Waals surface area contributed by atoms with Crippen LogP contribution in [0.3, 0.4) is 0 Å². The molecule has 118 valence electrons. The fraction of sp³-hybridized carbons (Fsp3) is 0.417. The Balaban J connectivity index is 3.12. The number of halogens is 5. The quantitative estimate of drug-likeness (QED) is 0.671. The van der Waals surface area contributed by atoms with E-state index >= 15 is 0 Å². The van der Waals surface area contributed by atoms with Crippen LogP contribution in [-0.2, 0) is 9.53 Å². The van der Waals surface area contributed by atoms with Crippen molar-refractivity contribution in [1.29, 1.82) is 0 Å². The molecule has 9 heteroatoms. The highest BCUT2D eigenvalue weighted by Crippen LogP contribution is 2.37. The van der Waals surface area contributed by atoms with Crippen molar-refractivity contribution in [3.8, 4) is 5.75 Å². The molecule has 0 saturated heterocycles. The molecule has 0 fully saturated rings. The Labute approximate surface area is 116 Å². The highest BCUT2D eigenvalue weighted by atomic mass is 19.4. The van der Waals surface area contributed by atoms with Gasteiger partial charge in [-0.2, -0.15) is 8.78 Å². The number of rotatable bonds is 5. The lowest BCUT2D eigenvalue weighted by atomic mass is 10.0. The van der Waals surface area contributed by atoms with Crippen molar-refractivity contribution < 1.29 is 36.2 Å². The third kappa shape index (κ3) is 4.28. The largest absolute Gasteiger partial charge is 0.573 e. The van der Waals surface area contributed by atoms with E-state index < -0.39 is 35.6 Å². The van der Waals surface area contributed by atoms with Gasteiger partial charge in [-0.15, -0.1) is 13.2 Å². The average molecular weight is 313 g/mol. The normalized spacial score (nSPS) is 13.7. The van der Waals surface area contributed by atoms with E-state index in [1.165, 1.54) is 13.0 Å². The van der Waals surface area contributed by atoms with E-state index in [9.17, 15) is 26.7 Å². The number of hydrogen-bond donors (Lipinski definition) is 1. The van der Waals surface area contributed by atoms with E-state index in [1.807, 2.05) is 0 Å². The summed E-state index contributed by atoms with van der Waals surface area (Å²) in [4.78, 5) is 11.2. The molecule has 0 aromatic heterocycles. The second kappa shape index (κ2) is 6.25. The molecular weight excluding hydrogens is 301 g/mol. The number of nitrogens with two attached hydrogens (primary N) is 1. The molecular formula is C12H12F5NO3. The zero-order valence-electron chi connectivity index (χ0n) is 10.8. The molecule has 0 aliphatic rings. The molecule has 0 aliphatic carbocycles. The molecule has 4 nitrogen and oxygen atoms in total. The summed E-state index contributed by atoms with van der Waals surface area (Å²) in [6.07, 6.45) is -5.07. The van der Waals surface area contributed by atoms with Crippen LogP contribution in [-0.4, -0.2) is 24.9 Å². The van der Waals surface area contributed by atoms with Crippen molar-refractivity contribution in [1.82, 2.24) is 0 Å². The fourth-order valence-electron chi connectivity index (χ4n) is 1.50. The van der Waals surface area contributed by atoms with Crippen LogP contribution in [0.25, 0.3) is 0 Å². The molecule has 0 bridgehead atoms. The lowest BCUT2D eigenvalue weighted by Crippen LogP contribution is -2.42. The number of esters is 1. The lowest BCUT2D eigenvalue weighted by molar-refractivity contribution is -0.275. The van der Waals surface area contributed by atoms with Gasteiger partial charge in [-0.1, -0.05) is 18.2 Å². The third-order valence-corrected chi connectivity index (χ3v) is 2.42. The maximum absolute atomic E-state index is 13.8. The standard InChI is InChI=1S/C12H12F5NO3/c1-2-20-10(19)11(13,14)9(18)7-5-3-4-6-8(7)21-12(15,16)17/h3-6,9H,2,18H2,1H3/t9-/m1/s1. The first-order valence-corrected chi connectivity index (χ1v) is 5.75. The number of ether oxygens (including phenoxy) is 2. The molecule has 0 amide bonds. The Morgan fingerprint density at radius 2 is 1.81 bits per heavy atom. The van der Waals surface area contributed by atoms with Gasteiger partial charge in [-0.05, 0) is 13.0 Å². The summed E-state index contributed by atoms with van der Waals surface area (Å²) in [6.45, 7) is 0.988. The Bertz CT molecular complexity index is 504. The van der Waals surface area contributed by atoms with Gasteiger partial charge in [0.05, 0.1) is 6.61 Å². The highest BCUT2D eigenvalue weighted by Gasteiger charge is 2.49. The molecule has 0 heterocycles. The molecule has 1 aromatic carbocycles. The van der Waals surface area contributed by atoms with E-state index in [2.05, 4.69) is 9.47 Å². The first-order chi connectivity index (χ1) is 9.59. The second-order valence-corrected chi connectivity index (χ2v) is 3.91. The highest BCUT2D eigenvalue weighted by molar-refractivity contribution is 5.79. The number of carbonyl (C=O) groups is 1. The second-order valence-electron chi connectivity index (χ2n) is 3.91. The summed E-state index contributed by atoms with van der Waals surface area (Å²) in [5.41, 5.74) is 4.57. The van der Waals surface area contributed by atoms with Crippen molar-refractivity contribution in [2.75, 3.05) is 6.61 Å².